The molecule has 0 saturated carbocycles. The molecule has 3 rings (SSSR count). The molecule has 2 aromatic carbocycles. The van der Waals surface area contributed by atoms with Crippen LogP contribution in [0.25, 0.3) is 0 Å². The van der Waals surface area contributed by atoms with E-state index in [-0.39, 0.29) is 11.8 Å². The van der Waals surface area contributed by atoms with Crippen LogP contribution in [0.1, 0.15) is 34.6 Å². The summed E-state index contributed by atoms with van der Waals surface area (Å²) in [4.78, 5) is 14.1. The number of rotatable bonds is 1. The van der Waals surface area contributed by atoms with E-state index < -0.39 is 0 Å². The highest BCUT2D eigenvalue weighted by Gasteiger charge is 2.26. The molecule has 0 bridgehead atoms. The molecule has 2 heteroatoms. The maximum absolute atomic E-state index is 12.3. The van der Waals surface area contributed by atoms with E-state index in [1.807, 2.05) is 30.1 Å². The molecule has 0 aromatic heterocycles. The lowest BCUT2D eigenvalue weighted by Gasteiger charge is -2.17. The Morgan fingerprint density at radius 2 is 1.85 bits per heavy atom. The van der Waals surface area contributed by atoms with Gasteiger partial charge in [0.15, 0.2) is 0 Å². The van der Waals surface area contributed by atoms with Gasteiger partial charge in [0.25, 0.3) is 0 Å². The Balaban J connectivity index is 2.12. The molecule has 1 aliphatic rings. The Hall–Kier alpha value is -2.09. The normalized spacial score (nSPS) is 18.6. The third-order valence-electron chi connectivity index (χ3n) is 4.09. The standard InChI is InChI=1S/C18H19NO/c1-13-8-9-16-15(10-13)12-19(2)18(20)11-17(16)14-6-4-3-5-7-14/h3-10,17H,11-12H2,1-2H3. The molecule has 0 saturated heterocycles. The van der Waals surface area contributed by atoms with Crippen LogP contribution in [0.3, 0.4) is 0 Å². The summed E-state index contributed by atoms with van der Waals surface area (Å²) in [5, 5.41) is 0. The van der Waals surface area contributed by atoms with E-state index in [0.717, 1.165) is 0 Å². The van der Waals surface area contributed by atoms with Gasteiger partial charge in [-0.15, -0.1) is 0 Å². The van der Waals surface area contributed by atoms with Gasteiger partial charge < -0.3 is 4.90 Å². The van der Waals surface area contributed by atoms with Gasteiger partial charge in [0, 0.05) is 25.9 Å². The predicted molar refractivity (Wildman–Crippen MR) is 80.6 cm³/mol. The number of fused-ring (bicyclic) bond motifs is 1. The van der Waals surface area contributed by atoms with E-state index in [0.29, 0.717) is 13.0 Å². The number of nitrogens with zero attached hydrogens (tertiary/aromatic N) is 1. The third-order valence-corrected chi connectivity index (χ3v) is 4.09. The molecule has 0 aliphatic carbocycles. The van der Waals surface area contributed by atoms with Crippen molar-refractivity contribution >= 4 is 5.91 Å². The van der Waals surface area contributed by atoms with Crippen molar-refractivity contribution in [2.75, 3.05) is 7.05 Å². The monoisotopic (exact) mass is 265 g/mol. The zero-order valence-electron chi connectivity index (χ0n) is 12.0. The molecule has 0 spiro atoms. The first kappa shape index (κ1) is 12.9. The summed E-state index contributed by atoms with van der Waals surface area (Å²) < 4.78 is 0. The number of carbonyl (C=O) groups excluding carboxylic acids is 1. The second-order valence-corrected chi connectivity index (χ2v) is 5.62. The first-order valence-corrected chi connectivity index (χ1v) is 7.03. The maximum Gasteiger partial charge on any atom is 0.223 e. The lowest BCUT2D eigenvalue weighted by atomic mass is 9.86. The zero-order chi connectivity index (χ0) is 14.1. The van der Waals surface area contributed by atoms with E-state index in [1.165, 1.54) is 22.3 Å². The SMILES string of the molecule is Cc1ccc2c(c1)CN(C)C(=O)CC2c1ccccc1. The third kappa shape index (κ3) is 2.34. The Morgan fingerprint density at radius 1 is 1.10 bits per heavy atom. The van der Waals surface area contributed by atoms with Crippen molar-refractivity contribution in [1.82, 2.24) is 4.90 Å². The quantitative estimate of drug-likeness (QED) is 0.773. The minimum absolute atomic E-state index is 0.171. The largest absolute Gasteiger partial charge is 0.341 e. The van der Waals surface area contributed by atoms with E-state index in [2.05, 4.69) is 37.3 Å². The van der Waals surface area contributed by atoms with Crippen LogP contribution < -0.4 is 0 Å². The van der Waals surface area contributed by atoms with Crippen LogP contribution in [0.15, 0.2) is 48.5 Å². The summed E-state index contributed by atoms with van der Waals surface area (Å²) in [5.74, 6) is 0.386. The van der Waals surface area contributed by atoms with Gasteiger partial charge in [0.1, 0.15) is 0 Å². The van der Waals surface area contributed by atoms with Gasteiger partial charge in [0.05, 0.1) is 0 Å². The fourth-order valence-corrected chi connectivity index (χ4v) is 2.98. The highest BCUT2D eigenvalue weighted by molar-refractivity contribution is 5.78. The van der Waals surface area contributed by atoms with Crippen molar-refractivity contribution < 1.29 is 4.79 Å². The van der Waals surface area contributed by atoms with Gasteiger partial charge in [-0.1, -0.05) is 54.1 Å². The molecular formula is C18H19NO. The molecule has 1 heterocycles. The van der Waals surface area contributed by atoms with E-state index in [4.69, 9.17) is 0 Å². The molecule has 1 unspecified atom stereocenters. The van der Waals surface area contributed by atoms with Gasteiger partial charge in [-0.05, 0) is 23.6 Å². The summed E-state index contributed by atoms with van der Waals surface area (Å²) in [5.41, 5.74) is 5.03. The van der Waals surface area contributed by atoms with Gasteiger partial charge in [-0.3, -0.25) is 4.79 Å². The summed E-state index contributed by atoms with van der Waals surface area (Å²) >= 11 is 0. The van der Waals surface area contributed by atoms with Crippen LogP contribution in [-0.2, 0) is 11.3 Å². The lowest BCUT2D eigenvalue weighted by Crippen LogP contribution is -2.24. The molecule has 1 aliphatic heterocycles. The first-order chi connectivity index (χ1) is 9.65. The number of hydrogen-bond donors (Lipinski definition) is 0. The van der Waals surface area contributed by atoms with Crippen LogP contribution in [-0.4, -0.2) is 17.9 Å². The van der Waals surface area contributed by atoms with Crippen LogP contribution in [0.4, 0.5) is 0 Å². The van der Waals surface area contributed by atoms with E-state index in [9.17, 15) is 4.79 Å². The van der Waals surface area contributed by atoms with Crippen molar-refractivity contribution in [1.29, 1.82) is 0 Å². The number of aryl methyl sites for hydroxylation is 1. The molecular weight excluding hydrogens is 246 g/mol. The average Bonchev–Trinajstić information content (AvgIpc) is 2.57. The number of carbonyl (C=O) groups is 1. The van der Waals surface area contributed by atoms with Crippen LogP contribution in [0.2, 0.25) is 0 Å². The predicted octanol–water partition coefficient (Wildman–Crippen LogP) is 3.49. The van der Waals surface area contributed by atoms with Crippen molar-refractivity contribution in [3.63, 3.8) is 0 Å². The summed E-state index contributed by atoms with van der Waals surface area (Å²) in [6.45, 7) is 2.81. The Morgan fingerprint density at radius 3 is 2.60 bits per heavy atom. The van der Waals surface area contributed by atoms with E-state index >= 15 is 0 Å². The van der Waals surface area contributed by atoms with Gasteiger partial charge in [0.2, 0.25) is 5.91 Å². The molecule has 0 fully saturated rings. The molecule has 102 valence electrons. The fourth-order valence-electron chi connectivity index (χ4n) is 2.98. The first-order valence-electron chi connectivity index (χ1n) is 7.03. The minimum atomic E-state index is 0.171. The van der Waals surface area contributed by atoms with Crippen molar-refractivity contribution in [3.8, 4) is 0 Å². The Bertz CT molecular complexity index is 633. The number of amides is 1. The second kappa shape index (κ2) is 5.12. The number of hydrogen-bond acceptors (Lipinski definition) is 1. The maximum atomic E-state index is 12.3. The average molecular weight is 265 g/mol. The van der Waals surface area contributed by atoms with Gasteiger partial charge in [-0.2, -0.15) is 0 Å². The summed E-state index contributed by atoms with van der Waals surface area (Å²) in [6.07, 6.45) is 0.552. The van der Waals surface area contributed by atoms with Crippen LogP contribution >= 0.6 is 0 Å². The highest BCUT2D eigenvalue weighted by Crippen LogP contribution is 2.34. The van der Waals surface area contributed by atoms with Crippen molar-refractivity contribution in [2.45, 2.75) is 25.8 Å². The number of benzene rings is 2. The summed E-state index contributed by atoms with van der Waals surface area (Å²) in [6, 6.07) is 16.9. The molecule has 20 heavy (non-hydrogen) atoms. The lowest BCUT2D eigenvalue weighted by molar-refractivity contribution is -0.130. The topological polar surface area (TPSA) is 20.3 Å². The fraction of sp³-hybridized carbons (Fsp3) is 0.278. The second-order valence-electron chi connectivity index (χ2n) is 5.62. The Labute approximate surface area is 120 Å². The van der Waals surface area contributed by atoms with Crippen LogP contribution in [0, 0.1) is 6.92 Å². The molecule has 1 amide bonds. The Kier molecular flexibility index (Phi) is 3.31. The van der Waals surface area contributed by atoms with E-state index in [1.54, 1.807) is 0 Å². The van der Waals surface area contributed by atoms with Crippen LogP contribution in [0.5, 0.6) is 0 Å². The smallest absolute Gasteiger partial charge is 0.223 e. The molecule has 1 atom stereocenters. The highest BCUT2D eigenvalue weighted by atomic mass is 16.2. The van der Waals surface area contributed by atoms with Crippen molar-refractivity contribution in [2.24, 2.45) is 0 Å². The molecule has 0 N–H and O–H groups in total. The molecule has 0 radical (unpaired) electrons. The van der Waals surface area contributed by atoms with Crippen molar-refractivity contribution in [3.05, 3.63) is 70.8 Å². The van der Waals surface area contributed by atoms with Gasteiger partial charge in [-0.25, -0.2) is 0 Å². The molecule has 2 aromatic rings. The summed E-state index contributed by atoms with van der Waals surface area (Å²) in [7, 11) is 1.89. The van der Waals surface area contributed by atoms with Gasteiger partial charge >= 0.3 is 0 Å². The molecule has 2 nitrogen and oxygen atoms in total. The minimum Gasteiger partial charge on any atom is -0.341 e. The zero-order valence-corrected chi connectivity index (χ0v) is 12.0.